The molecule has 3 aliphatic heterocycles. The van der Waals surface area contributed by atoms with E-state index in [4.69, 9.17) is 19.7 Å². The van der Waals surface area contributed by atoms with Crippen LogP contribution in [0.15, 0.2) is 61.1 Å². The van der Waals surface area contributed by atoms with Crippen LogP contribution in [0.4, 0.5) is 16.6 Å². The van der Waals surface area contributed by atoms with Crippen molar-refractivity contribution in [2.24, 2.45) is 0 Å². The predicted octanol–water partition coefficient (Wildman–Crippen LogP) is 5.65. The standard InChI is InChI=1S/C41H54N12O2.CH2O2/c1-27-10-8-9-17-51(27)40-46-45-37-16-13-31(26-52(37)40)55-35-15-14-34(32-11-6-7-12-33(32)35)43-39(54)44-38-21-36(41(2,3)4)47-53(38)30-22-42-50(25-30)19-18-49-24-28-20-29(49)23-48(28)5;2-1-3/h6-7,11-13,16,21-22,25-29,34-35H,8-10,14-15,17-20,23-24H2,1-5H3,(H2,43,44,54);1H,(H,2,3)/t27-,28-,29+,34-,35+;/m0./s1. The van der Waals surface area contributed by atoms with Gasteiger partial charge in [-0.25, -0.2) is 9.48 Å². The van der Waals surface area contributed by atoms with Gasteiger partial charge in [0.15, 0.2) is 5.65 Å². The van der Waals surface area contributed by atoms with Crippen molar-refractivity contribution in [3.8, 4) is 11.4 Å². The van der Waals surface area contributed by atoms with E-state index in [1.165, 1.54) is 12.8 Å². The Kier molecular flexibility index (Phi) is 11.1. The minimum atomic E-state index is -0.278. The number of likely N-dealkylation sites (N-methyl/N-ethyl adjacent to an activating group) is 1. The van der Waals surface area contributed by atoms with Crippen LogP contribution in [0, 0.1) is 0 Å². The van der Waals surface area contributed by atoms with Gasteiger partial charge in [0.05, 0.1) is 36.9 Å². The molecule has 5 atom stereocenters. The summed E-state index contributed by atoms with van der Waals surface area (Å²) >= 11 is 0. The Morgan fingerprint density at radius 1 is 1.00 bits per heavy atom. The van der Waals surface area contributed by atoms with E-state index in [9.17, 15) is 4.79 Å². The maximum Gasteiger partial charge on any atom is 0.320 e. The van der Waals surface area contributed by atoms with Crippen LogP contribution in [0.25, 0.3) is 11.3 Å². The zero-order valence-corrected chi connectivity index (χ0v) is 34.2. The number of likely N-dealkylation sites (tertiary alicyclic amines) is 2. The van der Waals surface area contributed by atoms with Gasteiger partial charge in [-0.15, -0.1) is 10.2 Å². The minimum Gasteiger partial charge on any atom is -0.484 e. The number of urea groups is 1. The highest BCUT2D eigenvalue weighted by molar-refractivity contribution is 5.89. The number of carbonyl (C=O) groups excluding carboxylic acids is 1. The second kappa shape index (κ2) is 16.4. The number of carboxylic acid groups (broad SMARTS) is 1. The molecule has 58 heavy (non-hydrogen) atoms. The molecule has 0 unspecified atom stereocenters. The fourth-order valence-electron chi connectivity index (χ4n) is 9.09. The molecule has 3 saturated heterocycles. The first-order valence-electron chi connectivity index (χ1n) is 20.6. The number of ether oxygens (including phenoxy) is 1. The van der Waals surface area contributed by atoms with Crippen molar-refractivity contribution in [3.63, 3.8) is 0 Å². The van der Waals surface area contributed by atoms with Crippen molar-refractivity contribution < 1.29 is 19.4 Å². The number of amides is 2. The number of aromatic nitrogens is 7. The third kappa shape index (κ3) is 8.12. The van der Waals surface area contributed by atoms with Crippen molar-refractivity contribution in [2.75, 3.05) is 43.4 Å². The van der Waals surface area contributed by atoms with Crippen molar-refractivity contribution in [1.82, 2.24) is 49.3 Å². The molecule has 1 aliphatic carbocycles. The third-order valence-corrected chi connectivity index (χ3v) is 12.3. The van der Waals surface area contributed by atoms with Crippen LogP contribution in [0.2, 0.25) is 0 Å². The van der Waals surface area contributed by atoms with E-state index in [0.717, 1.165) is 98.3 Å². The fraction of sp³-hybridized carbons (Fsp3) is 0.524. The molecule has 2 bridgehead atoms. The van der Waals surface area contributed by atoms with E-state index < -0.39 is 0 Å². The van der Waals surface area contributed by atoms with Crippen molar-refractivity contribution >= 4 is 29.9 Å². The Morgan fingerprint density at radius 2 is 1.81 bits per heavy atom. The molecule has 4 aliphatic rings. The number of benzene rings is 1. The molecule has 16 heteroatoms. The summed E-state index contributed by atoms with van der Waals surface area (Å²) in [5.41, 5.74) is 4.44. The van der Waals surface area contributed by atoms with Crippen molar-refractivity contribution in [3.05, 3.63) is 77.9 Å². The minimum absolute atomic E-state index is 0.155. The highest BCUT2D eigenvalue weighted by atomic mass is 16.5. The van der Waals surface area contributed by atoms with Crippen LogP contribution >= 0.6 is 0 Å². The number of pyridine rings is 1. The zero-order valence-electron chi connectivity index (χ0n) is 34.2. The predicted molar refractivity (Wildman–Crippen MR) is 221 cm³/mol. The molecule has 3 N–H and O–H groups in total. The Bertz CT molecular complexity index is 2220. The lowest BCUT2D eigenvalue weighted by Gasteiger charge is -2.33. The normalized spacial score (nSPS) is 23.3. The molecule has 0 spiro atoms. The van der Waals surface area contributed by atoms with Crippen LogP contribution in [0.3, 0.4) is 0 Å². The molecule has 9 rings (SSSR count). The van der Waals surface area contributed by atoms with Gasteiger partial charge < -0.3 is 25.0 Å². The first-order chi connectivity index (χ1) is 28.0. The molecule has 0 radical (unpaired) electrons. The first kappa shape index (κ1) is 39.4. The number of nitrogens with one attached hydrogen (secondary N) is 2. The molecule has 1 aromatic carbocycles. The van der Waals surface area contributed by atoms with Crippen LogP contribution in [0.1, 0.15) is 95.2 Å². The maximum atomic E-state index is 13.8. The Labute approximate surface area is 339 Å². The number of fused-ring (bicyclic) bond motifs is 4. The number of nitrogens with zero attached hydrogens (tertiary/aromatic N) is 10. The summed E-state index contributed by atoms with van der Waals surface area (Å²) in [6.45, 7) is 13.4. The van der Waals surface area contributed by atoms with Crippen molar-refractivity contribution in [1.29, 1.82) is 0 Å². The second-order valence-electron chi connectivity index (χ2n) is 17.2. The van der Waals surface area contributed by atoms with E-state index in [0.29, 0.717) is 23.9 Å². The van der Waals surface area contributed by atoms with E-state index in [1.54, 1.807) is 4.68 Å². The van der Waals surface area contributed by atoms with E-state index in [-0.39, 0.29) is 30.1 Å². The summed E-state index contributed by atoms with van der Waals surface area (Å²) in [7, 11) is 2.23. The highest BCUT2D eigenvalue weighted by Gasteiger charge is 2.41. The summed E-state index contributed by atoms with van der Waals surface area (Å²) in [6.07, 6.45) is 12.0. The van der Waals surface area contributed by atoms with Crippen LogP contribution in [-0.2, 0) is 16.8 Å². The number of anilines is 2. The topological polar surface area (TPSA) is 163 Å². The average Bonchev–Trinajstić information content (AvgIpc) is 4.05. The highest BCUT2D eigenvalue weighted by Crippen LogP contribution is 2.39. The van der Waals surface area contributed by atoms with E-state index in [2.05, 4.69) is 91.9 Å². The van der Waals surface area contributed by atoms with Gasteiger partial charge in [-0.3, -0.25) is 24.1 Å². The van der Waals surface area contributed by atoms with Gasteiger partial charge in [-0.1, -0.05) is 45.0 Å². The number of rotatable bonds is 9. The fourth-order valence-corrected chi connectivity index (χ4v) is 9.09. The summed E-state index contributed by atoms with van der Waals surface area (Å²) in [4.78, 5) is 29.6. The molecule has 7 heterocycles. The Balaban J connectivity index is 0.00000152. The molecular formula is C42H56N12O4. The summed E-state index contributed by atoms with van der Waals surface area (Å²) in [5.74, 6) is 2.24. The monoisotopic (exact) mass is 792 g/mol. The van der Waals surface area contributed by atoms with Crippen LogP contribution in [-0.4, -0.2) is 113 Å². The van der Waals surface area contributed by atoms with Gasteiger partial charge in [-0.2, -0.15) is 10.2 Å². The molecule has 308 valence electrons. The quantitative estimate of drug-likeness (QED) is 0.158. The largest absolute Gasteiger partial charge is 0.484 e. The van der Waals surface area contributed by atoms with E-state index >= 15 is 0 Å². The van der Waals surface area contributed by atoms with Crippen molar-refractivity contribution in [2.45, 2.75) is 108 Å². The van der Waals surface area contributed by atoms with E-state index in [1.807, 2.05) is 53.6 Å². The number of piperazine rings is 1. The third-order valence-electron chi connectivity index (χ3n) is 12.3. The molecule has 0 saturated carbocycles. The Morgan fingerprint density at radius 3 is 2.55 bits per heavy atom. The van der Waals surface area contributed by atoms with Crippen LogP contribution < -0.4 is 20.3 Å². The van der Waals surface area contributed by atoms with Gasteiger partial charge in [0.1, 0.15) is 23.4 Å². The average molecular weight is 793 g/mol. The SMILES string of the molecule is C[C@H]1CCCCN1c1nnc2ccc(O[C@@H]3CC[C@H](NC(=O)Nc4cc(C(C)(C)C)nn4-c4cnn(CCN5C[C@@H]6C[C@@H]5CN6C)c4)c4ccccc43)cn12.O=CO. The number of hydrogen-bond acceptors (Lipinski definition) is 10. The molecule has 16 nitrogen and oxygen atoms in total. The van der Waals surface area contributed by atoms with Gasteiger partial charge >= 0.3 is 6.03 Å². The number of hydrogen-bond donors (Lipinski definition) is 3. The lowest BCUT2D eigenvalue weighted by Crippen LogP contribution is -2.45. The van der Waals surface area contributed by atoms with Crippen LogP contribution in [0.5, 0.6) is 5.75 Å². The summed E-state index contributed by atoms with van der Waals surface area (Å²) < 4.78 is 12.5. The molecular weight excluding hydrogens is 737 g/mol. The van der Waals surface area contributed by atoms with Gasteiger partial charge in [0.25, 0.3) is 6.47 Å². The summed E-state index contributed by atoms with van der Waals surface area (Å²) in [5, 5.41) is 31.9. The maximum absolute atomic E-state index is 13.8. The van der Waals surface area contributed by atoms with Gasteiger partial charge in [0, 0.05) is 55.8 Å². The molecule has 2 amide bonds. The Hall–Kier alpha value is -5.48. The lowest BCUT2D eigenvalue weighted by atomic mass is 9.85. The van der Waals surface area contributed by atoms with Gasteiger partial charge in [-0.05, 0) is 75.8 Å². The number of carbonyl (C=O) groups is 2. The molecule has 3 fully saturated rings. The molecule has 4 aromatic heterocycles. The smallest absolute Gasteiger partial charge is 0.320 e. The number of piperidine rings is 1. The lowest BCUT2D eigenvalue weighted by molar-refractivity contribution is -0.122. The second-order valence-corrected chi connectivity index (χ2v) is 17.2. The summed E-state index contributed by atoms with van der Waals surface area (Å²) in [6, 6.07) is 15.5. The zero-order chi connectivity index (χ0) is 40.6. The molecule has 5 aromatic rings. The van der Waals surface area contributed by atoms with Gasteiger partial charge in [0.2, 0.25) is 5.95 Å². The first-order valence-corrected chi connectivity index (χ1v) is 20.6.